The van der Waals surface area contributed by atoms with Crippen molar-refractivity contribution in [3.05, 3.63) is 89.4 Å². The minimum atomic E-state index is -0.521. The fourth-order valence-electron chi connectivity index (χ4n) is 3.68. The van der Waals surface area contributed by atoms with Crippen molar-refractivity contribution in [1.82, 2.24) is 0 Å². The maximum atomic E-state index is 13.6. The number of hydrogen-bond acceptors (Lipinski definition) is 5. The highest BCUT2D eigenvalue weighted by molar-refractivity contribution is 6.46. The number of rotatable bonds is 7. The quantitative estimate of drug-likeness (QED) is 0.521. The first-order valence-corrected chi connectivity index (χ1v) is 10.5. The van der Waals surface area contributed by atoms with E-state index < -0.39 is 17.6 Å². The fraction of sp³-hybridized carbons (Fsp3) is 0.154. The van der Waals surface area contributed by atoms with E-state index >= 15 is 0 Å². The summed E-state index contributed by atoms with van der Waals surface area (Å²) in [6.45, 7) is 4.29. The van der Waals surface area contributed by atoms with Crippen molar-refractivity contribution in [2.24, 2.45) is 0 Å². The van der Waals surface area contributed by atoms with Gasteiger partial charge in [-0.3, -0.25) is 9.59 Å². The number of benzene rings is 3. The van der Waals surface area contributed by atoms with E-state index in [0.29, 0.717) is 35.0 Å². The molecule has 0 spiro atoms. The van der Waals surface area contributed by atoms with Crippen LogP contribution in [0.2, 0.25) is 0 Å². The van der Waals surface area contributed by atoms with Gasteiger partial charge in [-0.25, -0.2) is 9.29 Å². The second-order valence-corrected chi connectivity index (χ2v) is 7.46. The highest BCUT2D eigenvalue weighted by atomic mass is 19.1. The van der Waals surface area contributed by atoms with Gasteiger partial charge in [0, 0.05) is 0 Å². The van der Waals surface area contributed by atoms with Crippen LogP contribution in [0.3, 0.4) is 0 Å². The first-order valence-electron chi connectivity index (χ1n) is 10.5. The van der Waals surface area contributed by atoms with Crippen LogP contribution in [0.4, 0.5) is 15.8 Å². The Bertz CT molecular complexity index is 1230. The number of carbonyl (C=O) groups is 2. The molecule has 0 fully saturated rings. The van der Waals surface area contributed by atoms with Crippen molar-refractivity contribution in [1.29, 1.82) is 0 Å². The fourth-order valence-corrected chi connectivity index (χ4v) is 3.68. The lowest BCUT2D eigenvalue weighted by atomic mass is 10.0. The van der Waals surface area contributed by atoms with Gasteiger partial charge in [0.05, 0.1) is 30.7 Å². The molecule has 33 heavy (non-hydrogen) atoms. The van der Waals surface area contributed by atoms with Gasteiger partial charge in [0.1, 0.15) is 23.0 Å². The minimum absolute atomic E-state index is 0.0874. The Morgan fingerprint density at radius 2 is 1.64 bits per heavy atom. The van der Waals surface area contributed by atoms with E-state index in [0.717, 1.165) is 10.5 Å². The van der Waals surface area contributed by atoms with Crippen LogP contribution in [0.5, 0.6) is 11.5 Å². The molecule has 0 aliphatic carbocycles. The topological polar surface area (TPSA) is 67.9 Å². The van der Waals surface area contributed by atoms with Crippen LogP contribution in [0.1, 0.15) is 18.1 Å². The molecule has 3 aromatic rings. The molecular formula is C26H23FN2O4. The van der Waals surface area contributed by atoms with Gasteiger partial charge in [0.25, 0.3) is 11.8 Å². The third-order valence-electron chi connectivity index (χ3n) is 5.24. The lowest BCUT2D eigenvalue weighted by Gasteiger charge is -2.16. The SMILES string of the molecule is CCOc1ccc(N2C(=O)C(Nc3cc(C)ccc3OC)=C(c3ccc(F)cc3)C2=O)cc1. The van der Waals surface area contributed by atoms with E-state index in [2.05, 4.69) is 5.32 Å². The van der Waals surface area contributed by atoms with Crippen molar-refractivity contribution in [3.8, 4) is 11.5 Å². The molecule has 1 aliphatic rings. The summed E-state index contributed by atoms with van der Waals surface area (Å²) >= 11 is 0. The molecule has 1 N–H and O–H groups in total. The summed E-state index contributed by atoms with van der Waals surface area (Å²) in [6, 6.07) is 17.7. The summed E-state index contributed by atoms with van der Waals surface area (Å²) in [5, 5.41) is 3.10. The van der Waals surface area contributed by atoms with Crippen molar-refractivity contribution >= 4 is 28.8 Å². The van der Waals surface area contributed by atoms with E-state index in [1.165, 1.54) is 31.4 Å². The summed E-state index contributed by atoms with van der Waals surface area (Å²) in [5.74, 6) is -0.312. The highest BCUT2D eigenvalue weighted by Gasteiger charge is 2.40. The molecule has 0 bridgehead atoms. The smallest absolute Gasteiger partial charge is 0.282 e. The number of imide groups is 1. The third kappa shape index (κ3) is 4.30. The van der Waals surface area contributed by atoms with Gasteiger partial charge in [0.2, 0.25) is 0 Å². The number of nitrogens with one attached hydrogen (secondary N) is 1. The number of anilines is 2. The van der Waals surface area contributed by atoms with Crippen molar-refractivity contribution < 1.29 is 23.5 Å². The van der Waals surface area contributed by atoms with E-state index in [1.54, 1.807) is 30.3 Å². The van der Waals surface area contributed by atoms with Crippen LogP contribution in [0.15, 0.2) is 72.4 Å². The van der Waals surface area contributed by atoms with Crippen LogP contribution in [0, 0.1) is 12.7 Å². The number of methoxy groups -OCH3 is 1. The molecule has 4 rings (SSSR count). The standard InChI is InChI=1S/C26H23FN2O4/c1-4-33-20-12-10-19(11-13-20)29-25(30)23(17-6-8-18(27)9-7-17)24(26(29)31)28-21-15-16(2)5-14-22(21)32-3/h5-15,28H,4H2,1-3H3. The van der Waals surface area contributed by atoms with Crippen LogP contribution < -0.4 is 19.7 Å². The molecule has 0 saturated heterocycles. The minimum Gasteiger partial charge on any atom is -0.495 e. The Morgan fingerprint density at radius 3 is 2.27 bits per heavy atom. The Labute approximate surface area is 191 Å². The van der Waals surface area contributed by atoms with E-state index in [9.17, 15) is 14.0 Å². The Kier molecular flexibility index (Phi) is 6.13. The summed E-state index contributed by atoms with van der Waals surface area (Å²) in [5.41, 5.74) is 2.56. The lowest BCUT2D eigenvalue weighted by Crippen LogP contribution is -2.32. The number of hydrogen-bond donors (Lipinski definition) is 1. The normalized spacial score (nSPS) is 13.5. The number of halogens is 1. The Hall–Kier alpha value is -4.13. The predicted octanol–water partition coefficient (Wildman–Crippen LogP) is 4.94. The Balaban J connectivity index is 1.80. The molecule has 1 heterocycles. The van der Waals surface area contributed by atoms with Crippen LogP contribution in [0.25, 0.3) is 5.57 Å². The first kappa shape index (κ1) is 22.1. The van der Waals surface area contributed by atoms with Crippen LogP contribution in [-0.4, -0.2) is 25.5 Å². The lowest BCUT2D eigenvalue weighted by molar-refractivity contribution is -0.120. The zero-order valence-electron chi connectivity index (χ0n) is 18.5. The zero-order chi connectivity index (χ0) is 23.5. The van der Waals surface area contributed by atoms with Crippen LogP contribution >= 0.6 is 0 Å². The van der Waals surface area contributed by atoms with Gasteiger partial charge < -0.3 is 14.8 Å². The molecule has 1 aliphatic heterocycles. The highest BCUT2D eigenvalue weighted by Crippen LogP contribution is 2.36. The van der Waals surface area contributed by atoms with Gasteiger partial charge in [-0.05, 0) is 73.5 Å². The maximum Gasteiger partial charge on any atom is 0.282 e. The number of carbonyl (C=O) groups excluding carboxylic acids is 2. The van der Waals surface area contributed by atoms with Gasteiger partial charge in [-0.15, -0.1) is 0 Å². The van der Waals surface area contributed by atoms with Gasteiger partial charge >= 0.3 is 0 Å². The maximum absolute atomic E-state index is 13.6. The molecule has 2 amide bonds. The molecule has 0 unspecified atom stereocenters. The second-order valence-electron chi connectivity index (χ2n) is 7.46. The monoisotopic (exact) mass is 446 g/mol. The number of nitrogens with zero attached hydrogens (tertiary/aromatic N) is 1. The van der Waals surface area contributed by atoms with Crippen molar-refractivity contribution in [3.63, 3.8) is 0 Å². The van der Waals surface area contributed by atoms with E-state index in [-0.39, 0.29) is 11.3 Å². The summed E-state index contributed by atoms with van der Waals surface area (Å²) in [4.78, 5) is 28.1. The first-order chi connectivity index (χ1) is 15.9. The molecule has 0 atom stereocenters. The average molecular weight is 446 g/mol. The molecule has 0 saturated carbocycles. The summed E-state index contributed by atoms with van der Waals surface area (Å²) < 4.78 is 24.4. The molecule has 7 heteroatoms. The van der Waals surface area contributed by atoms with Gasteiger partial charge in [-0.2, -0.15) is 0 Å². The number of ether oxygens (including phenoxy) is 2. The van der Waals surface area contributed by atoms with Crippen molar-refractivity contribution in [2.45, 2.75) is 13.8 Å². The number of amides is 2. The van der Waals surface area contributed by atoms with Crippen molar-refractivity contribution in [2.75, 3.05) is 23.9 Å². The van der Waals surface area contributed by atoms with Crippen LogP contribution in [-0.2, 0) is 9.59 Å². The molecule has 3 aromatic carbocycles. The summed E-state index contributed by atoms with van der Waals surface area (Å²) in [7, 11) is 1.53. The molecule has 0 aromatic heterocycles. The van der Waals surface area contributed by atoms with E-state index in [1.807, 2.05) is 26.0 Å². The molecule has 0 radical (unpaired) electrons. The van der Waals surface area contributed by atoms with E-state index in [4.69, 9.17) is 9.47 Å². The largest absolute Gasteiger partial charge is 0.495 e. The Morgan fingerprint density at radius 1 is 0.939 bits per heavy atom. The van der Waals surface area contributed by atoms with Gasteiger partial charge in [-0.1, -0.05) is 18.2 Å². The molecule has 6 nitrogen and oxygen atoms in total. The average Bonchev–Trinajstić information content (AvgIpc) is 3.05. The summed E-state index contributed by atoms with van der Waals surface area (Å²) in [6.07, 6.45) is 0. The number of aryl methyl sites for hydroxylation is 1. The van der Waals surface area contributed by atoms with Gasteiger partial charge in [0.15, 0.2) is 0 Å². The molecular weight excluding hydrogens is 423 g/mol. The predicted molar refractivity (Wildman–Crippen MR) is 125 cm³/mol. The second kappa shape index (κ2) is 9.16. The zero-order valence-corrected chi connectivity index (χ0v) is 18.5. The third-order valence-corrected chi connectivity index (χ3v) is 5.24. The molecule has 168 valence electrons.